The number of aryl methyl sites for hydroxylation is 1. The fraction of sp³-hybridized carbons (Fsp3) is 0.455. The van der Waals surface area contributed by atoms with Gasteiger partial charge in [-0.05, 0) is 26.0 Å². The molecule has 0 saturated heterocycles. The first-order valence-corrected chi connectivity index (χ1v) is 5.40. The summed E-state index contributed by atoms with van der Waals surface area (Å²) < 4.78 is 0. The maximum atomic E-state index is 5.95. The number of hydrogen-bond donors (Lipinski definition) is 0. The predicted molar refractivity (Wildman–Crippen MR) is 60.3 cm³/mol. The molecule has 0 aromatic carbocycles. The normalized spacial score (nSPS) is 22.1. The van der Waals surface area contributed by atoms with Crippen LogP contribution in [-0.2, 0) is 4.84 Å². The zero-order valence-corrected chi connectivity index (χ0v) is 9.53. The van der Waals surface area contributed by atoms with Gasteiger partial charge in [0.2, 0.25) is 0 Å². The zero-order valence-electron chi connectivity index (χ0n) is 8.77. The Bertz CT molecular complexity index is 373. The molecular weight excluding hydrogens is 212 g/mol. The lowest BCUT2D eigenvalue weighted by atomic mass is 10.1. The molecule has 0 N–H and O–H groups in total. The Hall–Kier alpha value is -1.09. The van der Waals surface area contributed by atoms with Gasteiger partial charge in [0, 0.05) is 23.9 Å². The van der Waals surface area contributed by atoms with Crippen LogP contribution in [0.1, 0.15) is 24.6 Å². The van der Waals surface area contributed by atoms with E-state index in [2.05, 4.69) is 10.1 Å². The van der Waals surface area contributed by atoms with Gasteiger partial charge in [0.15, 0.2) is 0 Å². The highest BCUT2D eigenvalue weighted by atomic mass is 35.5. The lowest BCUT2D eigenvalue weighted by Gasteiger charge is -2.08. The Balaban J connectivity index is 2.11. The summed E-state index contributed by atoms with van der Waals surface area (Å²) in [6.45, 7) is 3.87. The van der Waals surface area contributed by atoms with E-state index in [0.717, 1.165) is 23.4 Å². The van der Waals surface area contributed by atoms with Gasteiger partial charge in [-0.3, -0.25) is 4.98 Å². The number of nitrogens with zero attached hydrogens (tertiary/aromatic N) is 2. The summed E-state index contributed by atoms with van der Waals surface area (Å²) in [6, 6.07) is 3.97. The van der Waals surface area contributed by atoms with Gasteiger partial charge in [-0.15, -0.1) is 11.6 Å². The second-order valence-electron chi connectivity index (χ2n) is 3.75. The molecule has 0 amide bonds. The number of halogens is 1. The highest BCUT2D eigenvalue weighted by molar-refractivity contribution is 6.21. The monoisotopic (exact) mass is 224 g/mol. The molecule has 2 heterocycles. The summed E-state index contributed by atoms with van der Waals surface area (Å²) in [4.78, 5) is 9.46. The third kappa shape index (κ3) is 2.29. The average Bonchev–Trinajstić information content (AvgIpc) is 2.68. The predicted octanol–water partition coefficient (Wildman–Crippen LogP) is 2.51. The zero-order chi connectivity index (χ0) is 10.8. The molecule has 0 radical (unpaired) electrons. The summed E-state index contributed by atoms with van der Waals surface area (Å²) in [5.74, 6) is 0. The SMILES string of the molecule is Cc1ccc(C2=NOC(C(C)Cl)C2)cn1. The summed E-state index contributed by atoms with van der Waals surface area (Å²) in [7, 11) is 0. The van der Waals surface area contributed by atoms with Crippen molar-refractivity contribution in [3.63, 3.8) is 0 Å². The topological polar surface area (TPSA) is 34.5 Å². The van der Waals surface area contributed by atoms with E-state index in [-0.39, 0.29) is 11.5 Å². The molecule has 2 atom stereocenters. The second-order valence-corrected chi connectivity index (χ2v) is 4.44. The first-order valence-electron chi connectivity index (χ1n) is 4.96. The highest BCUT2D eigenvalue weighted by Gasteiger charge is 2.26. The fourth-order valence-corrected chi connectivity index (χ4v) is 1.59. The van der Waals surface area contributed by atoms with Gasteiger partial charge in [-0.2, -0.15) is 0 Å². The van der Waals surface area contributed by atoms with Gasteiger partial charge in [-0.25, -0.2) is 0 Å². The van der Waals surface area contributed by atoms with Crippen LogP contribution in [0.4, 0.5) is 0 Å². The summed E-state index contributed by atoms with van der Waals surface area (Å²) >= 11 is 5.95. The van der Waals surface area contributed by atoms with Crippen molar-refractivity contribution < 1.29 is 4.84 Å². The molecule has 3 nitrogen and oxygen atoms in total. The van der Waals surface area contributed by atoms with E-state index in [0.29, 0.717) is 0 Å². The first kappa shape index (κ1) is 10.4. The summed E-state index contributed by atoms with van der Waals surface area (Å²) in [6.07, 6.45) is 2.57. The molecule has 1 aliphatic heterocycles. The van der Waals surface area contributed by atoms with Crippen molar-refractivity contribution in [3.8, 4) is 0 Å². The molecule has 0 aliphatic carbocycles. The number of rotatable bonds is 2. The lowest BCUT2D eigenvalue weighted by Crippen LogP contribution is -2.18. The third-order valence-electron chi connectivity index (χ3n) is 2.45. The molecule has 2 rings (SSSR count). The highest BCUT2D eigenvalue weighted by Crippen LogP contribution is 2.21. The maximum Gasteiger partial charge on any atom is 0.149 e. The number of alkyl halides is 1. The van der Waals surface area contributed by atoms with Gasteiger partial charge < -0.3 is 4.84 Å². The van der Waals surface area contributed by atoms with E-state index in [1.165, 1.54) is 0 Å². The third-order valence-corrected chi connectivity index (χ3v) is 2.73. The van der Waals surface area contributed by atoms with Crippen LogP contribution < -0.4 is 0 Å². The van der Waals surface area contributed by atoms with Gasteiger partial charge >= 0.3 is 0 Å². The first-order chi connectivity index (χ1) is 7.16. The molecule has 1 aliphatic rings. The van der Waals surface area contributed by atoms with Crippen molar-refractivity contribution in [2.24, 2.45) is 5.16 Å². The smallest absolute Gasteiger partial charge is 0.149 e. The van der Waals surface area contributed by atoms with Crippen molar-refractivity contribution in [2.45, 2.75) is 31.7 Å². The Kier molecular flexibility index (Phi) is 2.91. The number of oxime groups is 1. The molecule has 0 fully saturated rings. The van der Waals surface area contributed by atoms with E-state index in [1.54, 1.807) is 0 Å². The fourth-order valence-electron chi connectivity index (χ4n) is 1.45. The minimum Gasteiger partial charge on any atom is -0.390 e. The molecule has 0 spiro atoms. The summed E-state index contributed by atoms with van der Waals surface area (Å²) in [5.41, 5.74) is 2.95. The Labute approximate surface area is 94.1 Å². The van der Waals surface area contributed by atoms with Crippen molar-refractivity contribution in [1.29, 1.82) is 0 Å². The van der Waals surface area contributed by atoms with E-state index < -0.39 is 0 Å². The molecule has 0 bridgehead atoms. The molecule has 4 heteroatoms. The van der Waals surface area contributed by atoms with Crippen molar-refractivity contribution in [2.75, 3.05) is 0 Å². The maximum absolute atomic E-state index is 5.95. The van der Waals surface area contributed by atoms with Crippen molar-refractivity contribution >= 4 is 17.3 Å². The van der Waals surface area contributed by atoms with Crippen LogP contribution in [0.2, 0.25) is 0 Å². The van der Waals surface area contributed by atoms with Gasteiger partial charge in [-0.1, -0.05) is 5.16 Å². The standard InChI is InChI=1S/C11H13ClN2O/c1-7-3-4-9(6-13-7)10-5-11(8(2)12)15-14-10/h3-4,6,8,11H,5H2,1-2H3. The van der Waals surface area contributed by atoms with Crippen LogP contribution in [0.25, 0.3) is 0 Å². The molecule has 1 aromatic rings. The molecule has 80 valence electrons. The minimum absolute atomic E-state index is 0.0111. The quantitative estimate of drug-likeness (QED) is 0.724. The van der Waals surface area contributed by atoms with Crippen molar-refractivity contribution in [3.05, 3.63) is 29.6 Å². The van der Waals surface area contributed by atoms with Crippen LogP contribution in [-0.4, -0.2) is 22.2 Å². The molecule has 1 aromatic heterocycles. The Morgan fingerprint density at radius 1 is 1.53 bits per heavy atom. The number of aromatic nitrogens is 1. The van der Waals surface area contributed by atoms with Gasteiger partial charge in [0.05, 0.1) is 11.1 Å². The molecule has 0 saturated carbocycles. The van der Waals surface area contributed by atoms with Crippen LogP contribution >= 0.6 is 11.6 Å². The lowest BCUT2D eigenvalue weighted by molar-refractivity contribution is 0.0855. The van der Waals surface area contributed by atoms with Gasteiger partial charge in [0.1, 0.15) is 6.10 Å². The molecule has 2 unspecified atom stereocenters. The van der Waals surface area contributed by atoms with E-state index >= 15 is 0 Å². The van der Waals surface area contributed by atoms with Crippen LogP contribution in [0.15, 0.2) is 23.5 Å². The largest absolute Gasteiger partial charge is 0.390 e. The van der Waals surface area contributed by atoms with Crippen molar-refractivity contribution in [1.82, 2.24) is 4.98 Å². The molecule has 15 heavy (non-hydrogen) atoms. The number of hydrogen-bond acceptors (Lipinski definition) is 3. The Morgan fingerprint density at radius 3 is 2.87 bits per heavy atom. The van der Waals surface area contributed by atoms with Gasteiger partial charge in [0.25, 0.3) is 0 Å². The van der Waals surface area contributed by atoms with Crippen LogP contribution in [0, 0.1) is 6.92 Å². The minimum atomic E-state index is -0.0235. The van der Waals surface area contributed by atoms with E-state index in [9.17, 15) is 0 Å². The number of pyridine rings is 1. The van der Waals surface area contributed by atoms with Crippen LogP contribution in [0.5, 0.6) is 0 Å². The van der Waals surface area contributed by atoms with E-state index in [4.69, 9.17) is 16.4 Å². The average molecular weight is 225 g/mol. The van der Waals surface area contributed by atoms with E-state index in [1.807, 2.05) is 32.2 Å². The summed E-state index contributed by atoms with van der Waals surface area (Å²) in [5, 5.41) is 4.01. The second kappa shape index (κ2) is 4.19. The molecular formula is C11H13ClN2O. The van der Waals surface area contributed by atoms with Crippen LogP contribution in [0.3, 0.4) is 0 Å². The Morgan fingerprint density at radius 2 is 2.33 bits per heavy atom.